The molecule has 3 aromatic rings. The molecule has 0 radical (unpaired) electrons. The van der Waals surface area contributed by atoms with Crippen molar-refractivity contribution in [3.05, 3.63) is 60.5 Å². The molecule has 2 heterocycles. The van der Waals surface area contributed by atoms with Gasteiger partial charge in [-0.15, -0.1) is 0 Å². The summed E-state index contributed by atoms with van der Waals surface area (Å²) in [5.41, 5.74) is 0.371. The molecule has 3 rings (SSSR count). The minimum atomic E-state index is -3.62. The average Bonchev–Trinajstić information content (AvgIpc) is 2.95. The first-order valence-corrected chi connectivity index (χ1v) is 8.25. The van der Waals surface area contributed by atoms with E-state index < -0.39 is 10.0 Å². The lowest BCUT2D eigenvalue weighted by molar-refractivity contribution is 0.400. The van der Waals surface area contributed by atoms with Gasteiger partial charge in [-0.2, -0.15) is 0 Å². The maximum absolute atomic E-state index is 12.2. The Bertz CT molecular complexity index is 890. The third kappa shape index (κ3) is 3.67. The van der Waals surface area contributed by atoms with Crippen molar-refractivity contribution < 1.29 is 12.9 Å². The topological polar surface area (TPSA) is 97.1 Å². The van der Waals surface area contributed by atoms with E-state index in [9.17, 15) is 8.42 Å². The van der Waals surface area contributed by atoms with Crippen LogP contribution in [0.2, 0.25) is 0 Å². The van der Waals surface area contributed by atoms with Crippen molar-refractivity contribution in [1.29, 1.82) is 0 Å². The lowest BCUT2D eigenvalue weighted by Crippen LogP contribution is -2.13. The number of aromatic nitrogens is 2. The first-order valence-electron chi connectivity index (χ1n) is 6.77. The molecule has 2 aromatic heterocycles. The van der Waals surface area contributed by atoms with Crippen LogP contribution in [0.3, 0.4) is 0 Å². The van der Waals surface area contributed by atoms with Crippen molar-refractivity contribution in [2.45, 2.75) is 11.8 Å². The van der Waals surface area contributed by atoms with Crippen LogP contribution in [0, 0.1) is 6.92 Å². The highest BCUT2D eigenvalue weighted by atomic mass is 32.2. The SMILES string of the molecule is Cc1cc(Nc2ccc(NS(=O)(=O)c3ccccc3)cn2)no1. The normalized spacial score (nSPS) is 11.2. The maximum Gasteiger partial charge on any atom is 0.261 e. The highest BCUT2D eigenvalue weighted by Crippen LogP contribution is 2.18. The molecule has 0 aliphatic heterocycles. The summed E-state index contributed by atoms with van der Waals surface area (Å²) in [6.45, 7) is 1.78. The molecule has 7 nitrogen and oxygen atoms in total. The quantitative estimate of drug-likeness (QED) is 0.746. The molecule has 0 aliphatic carbocycles. The van der Waals surface area contributed by atoms with Crippen LogP contribution in [-0.4, -0.2) is 18.6 Å². The van der Waals surface area contributed by atoms with Crippen molar-refractivity contribution in [3.63, 3.8) is 0 Å². The number of hydrogen-bond donors (Lipinski definition) is 2. The fourth-order valence-corrected chi connectivity index (χ4v) is 2.96. The van der Waals surface area contributed by atoms with E-state index in [2.05, 4.69) is 20.2 Å². The number of sulfonamides is 1. The number of nitrogens with one attached hydrogen (secondary N) is 2. The van der Waals surface area contributed by atoms with E-state index in [1.54, 1.807) is 43.3 Å². The number of anilines is 3. The van der Waals surface area contributed by atoms with Crippen molar-refractivity contribution in [1.82, 2.24) is 10.1 Å². The van der Waals surface area contributed by atoms with Gasteiger partial charge in [-0.3, -0.25) is 4.72 Å². The Balaban J connectivity index is 1.72. The third-order valence-corrected chi connectivity index (χ3v) is 4.35. The van der Waals surface area contributed by atoms with Gasteiger partial charge in [-0.05, 0) is 31.2 Å². The zero-order chi connectivity index (χ0) is 16.3. The predicted molar refractivity (Wildman–Crippen MR) is 86.0 cm³/mol. The molecule has 1 aromatic carbocycles. The largest absolute Gasteiger partial charge is 0.360 e. The number of nitrogens with zero attached hydrogens (tertiary/aromatic N) is 2. The average molecular weight is 330 g/mol. The molecule has 0 unspecified atom stereocenters. The van der Waals surface area contributed by atoms with Crippen molar-refractivity contribution >= 4 is 27.3 Å². The van der Waals surface area contributed by atoms with Crippen LogP contribution in [0.15, 0.2) is 64.1 Å². The second-order valence-corrected chi connectivity index (χ2v) is 6.48. The maximum atomic E-state index is 12.2. The molecule has 0 saturated carbocycles. The number of hydrogen-bond acceptors (Lipinski definition) is 6. The summed E-state index contributed by atoms with van der Waals surface area (Å²) in [5.74, 6) is 1.74. The van der Waals surface area contributed by atoms with Crippen LogP contribution >= 0.6 is 0 Å². The van der Waals surface area contributed by atoms with Gasteiger partial charge in [0.1, 0.15) is 11.6 Å². The Morgan fingerprint density at radius 1 is 1.04 bits per heavy atom. The fourth-order valence-electron chi connectivity index (χ4n) is 1.90. The van der Waals surface area contributed by atoms with E-state index in [0.29, 0.717) is 23.1 Å². The van der Waals surface area contributed by atoms with Crippen LogP contribution in [-0.2, 0) is 10.0 Å². The van der Waals surface area contributed by atoms with Gasteiger partial charge in [0.2, 0.25) is 0 Å². The molecule has 0 fully saturated rings. The van der Waals surface area contributed by atoms with Crippen molar-refractivity contribution in [3.8, 4) is 0 Å². The number of aryl methyl sites for hydroxylation is 1. The molecular formula is C15H14N4O3S. The van der Waals surface area contributed by atoms with Crippen LogP contribution in [0.1, 0.15) is 5.76 Å². The molecule has 0 aliphatic rings. The van der Waals surface area contributed by atoms with Crippen LogP contribution < -0.4 is 10.0 Å². The van der Waals surface area contributed by atoms with Gasteiger partial charge in [0.05, 0.1) is 16.8 Å². The van der Waals surface area contributed by atoms with Gasteiger partial charge < -0.3 is 9.84 Å². The van der Waals surface area contributed by atoms with Crippen molar-refractivity contribution in [2.75, 3.05) is 10.0 Å². The molecule has 0 spiro atoms. The van der Waals surface area contributed by atoms with E-state index in [1.807, 2.05) is 0 Å². The minimum absolute atomic E-state index is 0.195. The van der Waals surface area contributed by atoms with Gasteiger partial charge >= 0.3 is 0 Å². The highest BCUT2D eigenvalue weighted by molar-refractivity contribution is 7.92. The second kappa shape index (κ2) is 6.09. The number of rotatable bonds is 5. The minimum Gasteiger partial charge on any atom is -0.360 e. The van der Waals surface area contributed by atoms with E-state index in [1.165, 1.54) is 18.3 Å². The lowest BCUT2D eigenvalue weighted by Gasteiger charge is -2.08. The second-order valence-electron chi connectivity index (χ2n) is 4.80. The third-order valence-electron chi connectivity index (χ3n) is 2.95. The van der Waals surface area contributed by atoms with E-state index in [-0.39, 0.29) is 4.90 Å². The Hall–Kier alpha value is -2.87. The molecule has 2 N–H and O–H groups in total. The first kappa shape index (κ1) is 15.0. The molecule has 0 atom stereocenters. The molecule has 23 heavy (non-hydrogen) atoms. The van der Waals surface area contributed by atoms with Gasteiger partial charge in [0.15, 0.2) is 5.82 Å². The molecule has 8 heteroatoms. The van der Waals surface area contributed by atoms with E-state index in [0.717, 1.165) is 0 Å². The van der Waals surface area contributed by atoms with Gasteiger partial charge in [-0.1, -0.05) is 23.4 Å². The molecule has 118 valence electrons. The van der Waals surface area contributed by atoms with Crippen LogP contribution in [0.4, 0.5) is 17.3 Å². The van der Waals surface area contributed by atoms with E-state index in [4.69, 9.17) is 4.52 Å². The molecule has 0 saturated heterocycles. The zero-order valence-electron chi connectivity index (χ0n) is 12.2. The van der Waals surface area contributed by atoms with Crippen LogP contribution in [0.25, 0.3) is 0 Å². The van der Waals surface area contributed by atoms with Gasteiger partial charge in [0.25, 0.3) is 10.0 Å². The summed E-state index contributed by atoms with van der Waals surface area (Å²) < 4.78 is 31.8. The summed E-state index contributed by atoms with van der Waals surface area (Å²) in [7, 11) is -3.62. The smallest absolute Gasteiger partial charge is 0.261 e. The first-order chi connectivity index (χ1) is 11.0. The summed E-state index contributed by atoms with van der Waals surface area (Å²) >= 11 is 0. The molecule has 0 bridgehead atoms. The lowest BCUT2D eigenvalue weighted by atomic mass is 10.4. The Morgan fingerprint density at radius 2 is 1.83 bits per heavy atom. The predicted octanol–water partition coefficient (Wildman–Crippen LogP) is 2.92. The summed E-state index contributed by atoms with van der Waals surface area (Å²) in [6, 6.07) is 13.1. The summed E-state index contributed by atoms with van der Waals surface area (Å²) in [6.07, 6.45) is 1.43. The molecule has 0 amide bonds. The van der Waals surface area contributed by atoms with Crippen LogP contribution in [0.5, 0.6) is 0 Å². The Kier molecular flexibility index (Phi) is 3.98. The highest BCUT2D eigenvalue weighted by Gasteiger charge is 2.13. The van der Waals surface area contributed by atoms with Gasteiger partial charge in [0, 0.05) is 6.07 Å². The van der Waals surface area contributed by atoms with Gasteiger partial charge in [-0.25, -0.2) is 13.4 Å². The Morgan fingerprint density at radius 3 is 2.43 bits per heavy atom. The zero-order valence-corrected chi connectivity index (χ0v) is 13.0. The molecular weight excluding hydrogens is 316 g/mol. The number of benzene rings is 1. The number of pyridine rings is 1. The monoisotopic (exact) mass is 330 g/mol. The summed E-state index contributed by atoms with van der Waals surface area (Å²) in [4.78, 5) is 4.34. The van der Waals surface area contributed by atoms with Crippen molar-refractivity contribution in [2.24, 2.45) is 0 Å². The fraction of sp³-hybridized carbons (Fsp3) is 0.0667. The Labute approximate surface area is 133 Å². The standard InChI is InChI=1S/C15H14N4O3S/c1-11-9-15(18-22-11)17-14-8-7-12(10-16-14)19-23(20,21)13-5-3-2-4-6-13/h2-10,19H,1H3,(H,16,17,18). The van der Waals surface area contributed by atoms with E-state index >= 15 is 0 Å². The summed E-state index contributed by atoms with van der Waals surface area (Å²) in [5, 5.41) is 6.75.